The van der Waals surface area contributed by atoms with Crippen molar-refractivity contribution in [2.24, 2.45) is 0 Å². The van der Waals surface area contributed by atoms with E-state index < -0.39 is 23.8 Å². The first-order chi connectivity index (χ1) is 18.1. The number of aromatic carboxylic acids is 1. The molecule has 1 saturated heterocycles. The van der Waals surface area contributed by atoms with E-state index in [4.69, 9.17) is 14.6 Å². The third-order valence-corrected chi connectivity index (χ3v) is 6.72. The number of nitrogens with zero attached hydrogens (tertiary/aromatic N) is 1. The highest BCUT2D eigenvalue weighted by molar-refractivity contribution is 9.10. The number of rotatable bonds is 7. The molecule has 0 saturated carbocycles. The Morgan fingerprint density at radius 2 is 1.71 bits per heavy atom. The molecule has 0 aliphatic carbocycles. The largest absolute Gasteiger partial charge is 0.493 e. The van der Waals surface area contributed by atoms with Crippen molar-refractivity contribution in [3.63, 3.8) is 0 Å². The number of nitrogens with one attached hydrogen (secondary N) is 1. The Morgan fingerprint density at radius 1 is 1.00 bits per heavy atom. The van der Waals surface area contributed by atoms with Crippen molar-refractivity contribution < 1.29 is 33.8 Å². The number of barbiturate groups is 1. The van der Waals surface area contributed by atoms with Crippen LogP contribution in [0.2, 0.25) is 0 Å². The zero-order valence-electron chi connectivity index (χ0n) is 20.7. The van der Waals surface area contributed by atoms with Crippen LogP contribution in [-0.2, 0) is 16.2 Å². The highest BCUT2D eigenvalue weighted by Gasteiger charge is 2.37. The molecule has 3 aromatic rings. The number of carboxylic acid groups (broad SMARTS) is 1. The number of benzene rings is 3. The van der Waals surface area contributed by atoms with E-state index in [9.17, 15) is 19.2 Å². The molecule has 3 aromatic carbocycles. The fourth-order valence-electron chi connectivity index (χ4n) is 3.75. The number of anilines is 1. The number of ether oxygens (including phenoxy) is 2. The van der Waals surface area contributed by atoms with E-state index in [0.717, 1.165) is 21.6 Å². The van der Waals surface area contributed by atoms with Gasteiger partial charge >= 0.3 is 12.0 Å². The lowest BCUT2D eigenvalue weighted by molar-refractivity contribution is -0.122. The Bertz CT molecular complexity index is 1500. The topological polar surface area (TPSA) is 122 Å². The number of carbonyl (C=O) groups excluding carboxylic acids is 3. The lowest BCUT2D eigenvalue weighted by Crippen LogP contribution is -2.54. The maximum Gasteiger partial charge on any atom is 0.335 e. The Hall–Kier alpha value is -4.44. The van der Waals surface area contributed by atoms with E-state index in [1.807, 2.05) is 13.8 Å². The number of methoxy groups -OCH3 is 1. The number of halogens is 1. The van der Waals surface area contributed by atoms with Crippen LogP contribution < -0.4 is 19.7 Å². The van der Waals surface area contributed by atoms with Gasteiger partial charge in [-0.25, -0.2) is 14.5 Å². The van der Waals surface area contributed by atoms with Crippen molar-refractivity contribution in [3.05, 3.63) is 92.5 Å². The third-order valence-electron chi connectivity index (χ3n) is 6.03. The molecule has 0 spiro atoms. The fourth-order valence-corrected chi connectivity index (χ4v) is 4.19. The predicted octanol–water partition coefficient (Wildman–Crippen LogP) is 5.02. The van der Waals surface area contributed by atoms with E-state index in [2.05, 4.69) is 21.2 Å². The van der Waals surface area contributed by atoms with Gasteiger partial charge in [-0.3, -0.25) is 14.9 Å². The molecule has 1 aliphatic rings. The van der Waals surface area contributed by atoms with Crippen LogP contribution in [-0.4, -0.2) is 36.0 Å². The van der Waals surface area contributed by atoms with Crippen LogP contribution in [0.4, 0.5) is 10.5 Å². The number of hydrogen-bond donors (Lipinski definition) is 2. The second kappa shape index (κ2) is 10.9. The molecule has 0 aromatic heterocycles. The summed E-state index contributed by atoms with van der Waals surface area (Å²) >= 11 is 3.45. The first-order valence-electron chi connectivity index (χ1n) is 11.4. The summed E-state index contributed by atoms with van der Waals surface area (Å²) in [6, 6.07) is 13.8. The van der Waals surface area contributed by atoms with Crippen molar-refractivity contribution in [1.82, 2.24) is 5.32 Å². The molecule has 1 fully saturated rings. The van der Waals surface area contributed by atoms with Gasteiger partial charge in [0, 0.05) is 4.47 Å². The zero-order chi connectivity index (χ0) is 27.6. The normalized spacial score (nSPS) is 14.5. The Labute approximate surface area is 226 Å². The van der Waals surface area contributed by atoms with Gasteiger partial charge in [0.1, 0.15) is 12.2 Å². The fraction of sp³-hybridized carbons (Fsp3) is 0.143. The first-order valence-corrected chi connectivity index (χ1v) is 12.2. The Kier molecular flexibility index (Phi) is 7.63. The number of amides is 4. The predicted molar refractivity (Wildman–Crippen MR) is 143 cm³/mol. The zero-order valence-corrected chi connectivity index (χ0v) is 22.3. The second-order valence-corrected chi connectivity index (χ2v) is 9.40. The maximum absolute atomic E-state index is 13.3. The molecular formula is C28H23BrN2O7. The highest BCUT2D eigenvalue weighted by atomic mass is 79.9. The van der Waals surface area contributed by atoms with Crippen molar-refractivity contribution in [3.8, 4) is 11.5 Å². The van der Waals surface area contributed by atoms with Gasteiger partial charge in [0.25, 0.3) is 11.8 Å². The van der Waals surface area contributed by atoms with Gasteiger partial charge in [-0.05, 0) is 78.6 Å². The average Bonchev–Trinajstić information content (AvgIpc) is 2.88. The quantitative estimate of drug-likeness (QED) is 0.298. The average molecular weight is 579 g/mol. The van der Waals surface area contributed by atoms with Crippen LogP contribution in [0.5, 0.6) is 11.5 Å². The summed E-state index contributed by atoms with van der Waals surface area (Å²) in [5.74, 6) is -1.85. The molecule has 1 heterocycles. The SMILES string of the molecule is COc1cc(/C=C2\C(=O)NC(=O)N(c3ccc(C)c(C)c3)C2=O)c(Br)cc1OCc1ccc(C(=O)O)cc1. The minimum atomic E-state index is -1.01. The van der Waals surface area contributed by atoms with Crippen molar-refractivity contribution in [1.29, 1.82) is 0 Å². The van der Waals surface area contributed by atoms with Crippen molar-refractivity contribution >= 4 is 51.5 Å². The minimum Gasteiger partial charge on any atom is -0.493 e. The molecule has 4 amide bonds. The molecule has 10 heteroatoms. The van der Waals surface area contributed by atoms with Crippen molar-refractivity contribution in [2.45, 2.75) is 20.5 Å². The van der Waals surface area contributed by atoms with E-state index in [1.54, 1.807) is 42.5 Å². The van der Waals surface area contributed by atoms with Gasteiger partial charge < -0.3 is 14.6 Å². The third kappa shape index (κ3) is 5.45. The maximum atomic E-state index is 13.3. The molecule has 0 radical (unpaired) electrons. The monoisotopic (exact) mass is 578 g/mol. The van der Waals surface area contributed by atoms with Crippen LogP contribution in [0.15, 0.2) is 64.6 Å². The number of urea groups is 1. The number of carboxylic acids is 1. The van der Waals surface area contributed by atoms with Gasteiger partial charge in [-0.15, -0.1) is 0 Å². The van der Waals surface area contributed by atoms with Crippen LogP contribution in [0.1, 0.15) is 32.6 Å². The molecular weight excluding hydrogens is 556 g/mol. The summed E-state index contributed by atoms with van der Waals surface area (Å²) in [7, 11) is 1.45. The summed E-state index contributed by atoms with van der Waals surface area (Å²) in [5, 5.41) is 11.3. The van der Waals surface area contributed by atoms with Gasteiger partial charge in [0.15, 0.2) is 11.5 Å². The van der Waals surface area contributed by atoms with Gasteiger partial charge in [0.2, 0.25) is 0 Å². The molecule has 4 rings (SSSR count). The summed E-state index contributed by atoms with van der Waals surface area (Å²) < 4.78 is 11.8. The van der Waals surface area contributed by atoms with E-state index in [-0.39, 0.29) is 17.7 Å². The number of carbonyl (C=O) groups is 4. The number of hydrogen-bond acceptors (Lipinski definition) is 6. The van der Waals surface area contributed by atoms with E-state index in [1.165, 1.54) is 25.3 Å². The molecule has 38 heavy (non-hydrogen) atoms. The van der Waals surface area contributed by atoms with Crippen LogP contribution in [0, 0.1) is 13.8 Å². The lowest BCUT2D eigenvalue weighted by Gasteiger charge is -2.27. The first kappa shape index (κ1) is 26.6. The summed E-state index contributed by atoms with van der Waals surface area (Å²) in [5.41, 5.74) is 3.40. The summed E-state index contributed by atoms with van der Waals surface area (Å²) in [4.78, 5) is 50.4. The van der Waals surface area contributed by atoms with Crippen LogP contribution in [0.25, 0.3) is 6.08 Å². The smallest absolute Gasteiger partial charge is 0.335 e. The van der Waals surface area contributed by atoms with Crippen LogP contribution in [0.3, 0.4) is 0 Å². The Morgan fingerprint density at radius 3 is 2.34 bits per heavy atom. The summed E-state index contributed by atoms with van der Waals surface area (Å²) in [6.45, 7) is 3.93. The lowest BCUT2D eigenvalue weighted by atomic mass is 10.0. The molecule has 0 unspecified atom stereocenters. The Balaban J connectivity index is 1.61. The highest BCUT2D eigenvalue weighted by Crippen LogP contribution is 2.36. The molecule has 9 nitrogen and oxygen atoms in total. The van der Waals surface area contributed by atoms with Gasteiger partial charge in [-0.1, -0.05) is 34.1 Å². The minimum absolute atomic E-state index is 0.150. The molecule has 1 aliphatic heterocycles. The molecule has 194 valence electrons. The number of imide groups is 2. The standard InChI is InChI=1S/C28H23BrN2O7/c1-15-4-9-20(10-16(15)2)31-26(33)21(25(32)30-28(31)36)11-19-12-23(37-3)24(13-22(19)29)38-14-17-5-7-18(8-6-17)27(34)35/h4-13H,14H2,1-3H3,(H,34,35)(H,30,32,36)/b21-11+. The van der Waals surface area contributed by atoms with Gasteiger partial charge in [-0.2, -0.15) is 0 Å². The van der Waals surface area contributed by atoms with Crippen molar-refractivity contribution in [2.75, 3.05) is 12.0 Å². The van der Waals surface area contributed by atoms with Gasteiger partial charge in [0.05, 0.1) is 18.4 Å². The molecule has 0 bridgehead atoms. The summed E-state index contributed by atoms with van der Waals surface area (Å²) in [6.07, 6.45) is 1.37. The number of aryl methyl sites for hydroxylation is 2. The molecule has 2 N–H and O–H groups in total. The van der Waals surface area contributed by atoms with E-state index >= 15 is 0 Å². The second-order valence-electron chi connectivity index (χ2n) is 8.54. The van der Waals surface area contributed by atoms with E-state index in [0.29, 0.717) is 27.2 Å². The molecule has 0 atom stereocenters. The van der Waals surface area contributed by atoms with Crippen LogP contribution >= 0.6 is 15.9 Å².